The first kappa shape index (κ1) is 17.6. The third-order valence-electron chi connectivity index (χ3n) is 4.51. The molecular weight excluding hydrogens is 362 g/mol. The number of aromatic nitrogens is 2. The maximum absolute atomic E-state index is 12.3. The van der Waals surface area contributed by atoms with E-state index in [0.717, 1.165) is 27.1 Å². The normalized spacial score (nSPS) is 14.2. The Balaban J connectivity index is 1.67. The Morgan fingerprint density at radius 3 is 2.89 bits per heavy atom. The molecule has 8 heteroatoms. The highest BCUT2D eigenvalue weighted by Gasteiger charge is 2.20. The molecule has 28 heavy (non-hydrogen) atoms. The predicted molar refractivity (Wildman–Crippen MR) is 103 cm³/mol. The van der Waals surface area contributed by atoms with Gasteiger partial charge in [0.05, 0.1) is 19.3 Å². The monoisotopic (exact) mass is 379 g/mol. The number of para-hydroxylation sites is 1. The second kappa shape index (κ2) is 6.73. The minimum Gasteiger partial charge on any atom is -0.493 e. The predicted octanol–water partition coefficient (Wildman–Crippen LogP) is 2.96. The summed E-state index contributed by atoms with van der Waals surface area (Å²) in [6, 6.07) is 10.7. The Bertz CT molecular complexity index is 1190. The molecule has 0 fully saturated rings. The number of hydrogen-bond donors (Lipinski definition) is 2. The minimum absolute atomic E-state index is 0.0253. The molecule has 142 valence electrons. The number of rotatable bonds is 4. The van der Waals surface area contributed by atoms with Crippen molar-refractivity contribution in [2.75, 3.05) is 7.11 Å². The van der Waals surface area contributed by atoms with Gasteiger partial charge in [-0.25, -0.2) is 9.59 Å². The fourth-order valence-corrected chi connectivity index (χ4v) is 3.12. The van der Waals surface area contributed by atoms with Gasteiger partial charge in [0.15, 0.2) is 0 Å². The zero-order valence-corrected chi connectivity index (χ0v) is 15.2. The number of carbonyl (C=O) groups excluding carboxylic acids is 1. The number of allylic oxidation sites excluding steroid dienone is 1. The highest BCUT2D eigenvalue weighted by molar-refractivity contribution is 6.31. The molecule has 0 radical (unpaired) electrons. The van der Waals surface area contributed by atoms with Gasteiger partial charge in [0.2, 0.25) is 11.6 Å². The Hall–Kier alpha value is -3.81. The number of aliphatic imine (C=N–C) groups is 1. The Labute approximate surface area is 159 Å². The number of carbonyl (C=O) groups is 1. The molecule has 0 amide bonds. The lowest BCUT2D eigenvalue weighted by Gasteiger charge is -2.02. The standard InChI is InChI=1S/C20H17N3O5/c1-11-14(13-5-3-4-6-15(13)21-11)9-16-18(24)23(20(26)22-16)10-12-7-8-17(28-12)19(25)27-2/h3-9,24H,10H2,1-2H3,(H,22,26)/b14-9+. The van der Waals surface area contributed by atoms with E-state index in [-0.39, 0.29) is 23.9 Å². The summed E-state index contributed by atoms with van der Waals surface area (Å²) < 4.78 is 11.1. The lowest BCUT2D eigenvalue weighted by Crippen LogP contribution is -2.16. The van der Waals surface area contributed by atoms with Crippen LogP contribution in [0.4, 0.5) is 5.69 Å². The van der Waals surface area contributed by atoms with Crippen LogP contribution >= 0.6 is 0 Å². The first-order valence-electron chi connectivity index (χ1n) is 8.53. The summed E-state index contributed by atoms with van der Waals surface area (Å²) in [7, 11) is 1.25. The molecule has 1 aromatic carbocycles. The molecule has 8 nitrogen and oxygen atoms in total. The summed E-state index contributed by atoms with van der Waals surface area (Å²) in [6.45, 7) is 1.83. The largest absolute Gasteiger partial charge is 0.493 e. The van der Waals surface area contributed by atoms with E-state index in [1.807, 2.05) is 31.2 Å². The van der Waals surface area contributed by atoms with E-state index in [1.54, 1.807) is 12.1 Å². The molecule has 4 rings (SSSR count). The van der Waals surface area contributed by atoms with Crippen molar-refractivity contribution in [1.82, 2.24) is 9.55 Å². The summed E-state index contributed by atoms with van der Waals surface area (Å²) in [5, 5.41) is 10.5. The van der Waals surface area contributed by atoms with Gasteiger partial charge in [-0.05, 0) is 31.2 Å². The van der Waals surface area contributed by atoms with Crippen LogP contribution in [0.5, 0.6) is 5.88 Å². The molecule has 0 atom stereocenters. The van der Waals surface area contributed by atoms with E-state index in [1.165, 1.54) is 13.2 Å². The summed E-state index contributed by atoms with van der Waals surface area (Å²) >= 11 is 0. The number of H-pyrrole nitrogens is 1. The summed E-state index contributed by atoms with van der Waals surface area (Å²) in [6.07, 6.45) is 1.69. The molecule has 3 heterocycles. The number of aromatic amines is 1. The second-order valence-corrected chi connectivity index (χ2v) is 6.28. The van der Waals surface area contributed by atoms with Crippen LogP contribution in [0.2, 0.25) is 0 Å². The van der Waals surface area contributed by atoms with Crippen LogP contribution in [0, 0.1) is 0 Å². The average molecular weight is 379 g/mol. The van der Waals surface area contributed by atoms with E-state index in [4.69, 9.17) is 4.42 Å². The number of methoxy groups -OCH3 is 1. The van der Waals surface area contributed by atoms with Gasteiger partial charge in [0, 0.05) is 16.8 Å². The first-order chi connectivity index (χ1) is 13.5. The zero-order valence-electron chi connectivity index (χ0n) is 15.2. The maximum atomic E-state index is 12.3. The van der Waals surface area contributed by atoms with Crippen molar-refractivity contribution in [3.63, 3.8) is 0 Å². The third-order valence-corrected chi connectivity index (χ3v) is 4.51. The van der Waals surface area contributed by atoms with Crippen LogP contribution in [0.25, 0.3) is 11.6 Å². The van der Waals surface area contributed by atoms with E-state index >= 15 is 0 Å². The number of furan rings is 1. The number of benzene rings is 1. The quantitative estimate of drug-likeness (QED) is 0.677. The summed E-state index contributed by atoms with van der Waals surface area (Å²) in [5.74, 6) is -0.486. The number of esters is 1. The van der Waals surface area contributed by atoms with Gasteiger partial charge >= 0.3 is 11.7 Å². The van der Waals surface area contributed by atoms with Crippen molar-refractivity contribution >= 4 is 29.0 Å². The van der Waals surface area contributed by atoms with Crippen molar-refractivity contribution in [3.05, 3.63) is 69.7 Å². The molecule has 0 saturated carbocycles. The van der Waals surface area contributed by atoms with E-state index in [2.05, 4.69) is 14.7 Å². The molecule has 0 spiro atoms. The molecule has 1 aliphatic rings. The second-order valence-electron chi connectivity index (χ2n) is 6.28. The lowest BCUT2D eigenvalue weighted by molar-refractivity contribution is 0.0563. The zero-order chi connectivity index (χ0) is 19.8. The number of nitrogens with zero attached hydrogens (tertiary/aromatic N) is 2. The molecule has 0 aliphatic carbocycles. The highest BCUT2D eigenvalue weighted by atomic mass is 16.5. The first-order valence-corrected chi connectivity index (χ1v) is 8.53. The number of hydrogen-bond acceptors (Lipinski definition) is 6. The fourth-order valence-electron chi connectivity index (χ4n) is 3.12. The van der Waals surface area contributed by atoms with Crippen LogP contribution in [-0.4, -0.2) is 33.4 Å². The number of nitrogens with one attached hydrogen (secondary N) is 1. The fraction of sp³-hybridized carbons (Fsp3) is 0.150. The Morgan fingerprint density at radius 1 is 1.32 bits per heavy atom. The van der Waals surface area contributed by atoms with Crippen molar-refractivity contribution in [3.8, 4) is 5.88 Å². The van der Waals surface area contributed by atoms with Crippen LogP contribution in [-0.2, 0) is 11.3 Å². The van der Waals surface area contributed by atoms with Gasteiger partial charge in [0.1, 0.15) is 11.5 Å². The van der Waals surface area contributed by atoms with Gasteiger partial charge in [-0.3, -0.25) is 9.56 Å². The summed E-state index contributed by atoms with van der Waals surface area (Å²) in [4.78, 5) is 30.9. The van der Waals surface area contributed by atoms with Crippen LogP contribution in [0.3, 0.4) is 0 Å². The number of imidazole rings is 1. The lowest BCUT2D eigenvalue weighted by atomic mass is 10.0. The number of aromatic hydroxyl groups is 1. The highest BCUT2D eigenvalue weighted by Crippen LogP contribution is 2.36. The maximum Gasteiger partial charge on any atom is 0.373 e. The van der Waals surface area contributed by atoms with Crippen molar-refractivity contribution in [1.29, 1.82) is 0 Å². The molecule has 2 N–H and O–H groups in total. The molecule has 0 bridgehead atoms. The topological polar surface area (TPSA) is 110 Å². The van der Waals surface area contributed by atoms with Crippen LogP contribution in [0.1, 0.15) is 34.5 Å². The summed E-state index contributed by atoms with van der Waals surface area (Å²) in [5.41, 5.74) is 3.17. The van der Waals surface area contributed by atoms with Crippen LogP contribution in [0.15, 0.2) is 50.6 Å². The smallest absolute Gasteiger partial charge is 0.373 e. The number of fused-ring (bicyclic) bond motifs is 1. The van der Waals surface area contributed by atoms with Crippen molar-refractivity contribution < 1.29 is 19.1 Å². The van der Waals surface area contributed by atoms with Gasteiger partial charge < -0.3 is 19.2 Å². The van der Waals surface area contributed by atoms with Crippen molar-refractivity contribution in [2.45, 2.75) is 13.5 Å². The van der Waals surface area contributed by atoms with Gasteiger partial charge in [-0.15, -0.1) is 0 Å². The molecule has 0 unspecified atom stereocenters. The molecule has 1 aliphatic heterocycles. The van der Waals surface area contributed by atoms with Crippen LogP contribution < -0.4 is 5.69 Å². The van der Waals surface area contributed by atoms with E-state index < -0.39 is 11.7 Å². The average Bonchev–Trinajstić information content (AvgIpc) is 3.35. The van der Waals surface area contributed by atoms with Gasteiger partial charge in [0.25, 0.3) is 0 Å². The molecule has 3 aromatic rings. The minimum atomic E-state index is -0.614. The molecular formula is C20H17N3O5. The third kappa shape index (κ3) is 2.94. The molecule has 2 aromatic heterocycles. The SMILES string of the molecule is COC(=O)c1ccc(Cn2c(O)c(/C=C3\C(C)=Nc4ccccc43)[nH]c2=O)o1. The Kier molecular flexibility index (Phi) is 4.23. The van der Waals surface area contributed by atoms with Gasteiger partial charge in [-0.2, -0.15) is 0 Å². The van der Waals surface area contributed by atoms with Gasteiger partial charge in [-0.1, -0.05) is 18.2 Å². The number of ether oxygens (including phenoxy) is 1. The van der Waals surface area contributed by atoms with E-state index in [0.29, 0.717) is 5.76 Å². The molecule has 0 saturated heterocycles. The van der Waals surface area contributed by atoms with E-state index in [9.17, 15) is 14.7 Å². The van der Waals surface area contributed by atoms with Crippen molar-refractivity contribution in [2.24, 2.45) is 4.99 Å². The Morgan fingerprint density at radius 2 is 2.11 bits per heavy atom.